The van der Waals surface area contributed by atoms with Crippen molar-refractivity contribution in [1.29, 1.82) is 0 Å². The molecule has 0 fully saturated rings. The first kappa shape index (κ1) is 20.4. The highest BCUT2D eigenvalue weighted by molar-refractivity contribution is 9.10. The van der Waals surface area contributed by atoms with Gasteiger partial charge in [0.05, 0.1) is 0 Å². The van der Waals surface area contributed by atoms with Crippen LogP contribution in [0.2, 0.25) is 0 Å². The molecule has 142 valence electrons. The van der Waals surface area contributed by atoms with Gasteiger partial charge in [0.1, 0.15) is 0 Å². The average Bonchev–Trinajstić information content (AvgIpc) is 2.73. The van der Waals surface area contributed by atoms with E-state index < -0.39 is 0 Å². The second-order valence-electron chi connectivity index (χ2n) is 7.10. The standard InChI is InChI=1S/C27H27Br/c1-3-5-6-9-21-12-14-22(15-13-21)16-17-24-10-7-8-11-26(24)27-19-18-25(28)20-23(27)4-2/h7-8,10-15,18-20H,3-6,9H2,1-2H3. The van der Waals surface area contributed by atoms with Crippen LogP contribution in [-0.4, -0.2) is 0 Å². The summed E-state index contributed by atoms with van der Waals surface area (Å²) in [7, 11) is 0. The van der Waals surface area contributed by atoms with Gasteiger partial charge >= 0.3 is 0 Å². The third kappa shape index (κ3) is 5.37. The maximum atomic E-state index is 3.59. The van der Waals surface area contributed by atoms with Crippen molar-refractivity contribution in [2.24, 2.45) is 0 Å². The van der Waals surface area contributed by atoms with E-state index in [2.05, 4.69) is 108 Å². The molecule has 0 atom stereocenters. The fraction of sp³-hybridized carbons (Fsp3) is 0.259. The van der Waals surface area contributed by atoms with Crippen molar-refractivity contribution in [2.45, 2.75) is 46.0 Å². The van der Waals surface area contributed by atoms with Crippen LogP contribution in [-0.2, 0) is 12.8 Å². The van der Waals surface area contributed by atoms with E-state index in [-0.39, 0.29) is 0 Å². The lowest BCUT2D eigenvalue weighted by Crippen LogP contribution is -1.91. The van der Waals surface area contributed by atoms with Gasteiger partial charge in [0.2, 0.25) is 0 Å². The van der Waals surface area contributed by atoms with Gasteiger partial charge in [-0.2, -0.15) is 0 Å². The number of hydrogen-bond donors (Lipinski definition) is 0. The zero-order valence-electron chi connectivity index (χ0n) is 16.8. The summed E-state index contributed by atoms with van der Waals surface area (Å²) in [5.41, 5.74) is 7.35. The number of benzene rings is 3. The molecule has 0 aliphatic carbocycles. The van der Waals surface area contributed by atoms with E-state index in [9.17, 15) is 0 Å². The van der Waals surface area contributed by atoms with E-state index in [1.807, 2.05) is 0 Å². The fourth-order valence-corrected chi connectivity index (χ4v) is 3.83. The lowest BCUT2D eigenvalue weighted by Gasteiger charge is -2.11. The second-order valence-corrected chi connectivity index (χ2v) is 8.02. The molecule has 0 N–H and O–H groups in total. The van der Waals surface area contributed by atoms with Crippen molar-refractivity contribution in [3.05, 3.63) is 93.5 Å². The summed E-state index contributed by atoms with van der Waals surface area (Å²) >= 11 is 3.59. The van der Waals surface area contributed by atoms with Crippen LogP contribution in [0.15, 0.2) is 71.2 Å². The zero-order valence-corrected chi connectivity index (χ0v) is 18.4. The molecule has 0 spiro atoms. The minimum absolute atomic E-state index is 0.996. The van der Waals surface area contributed by atoms with Crippen molar-refractivity contribution < 1.29 is 0 Å². The van der Waals surface area contributed by atoms with Gasteiger partial charge in [-0.3, -0.25) is 0 Å². The van der Waals surface area contributed by atoms with Gasteiger partial charge in [0.25, 0.3) is 0 Å². The smallest absolute Gasteiger partial charge is 0.0327 e. The second kappa shape index (κ2) is 10.3. The lowest BCUT2D eigenvalue weighted by molar-refractivity contribution is 0.717. The third-order valence-electron chi connectivity index (χ3n) is 5.03. The molecule has 3 rings (SSSR count). The maximum absolute atomic E-state index is 3.59. The Morgan fingerprint density at radius 2 is 1.57 bits per heavy atom. The predicted octanol–water partition coefficient (Wildman–Crippen LogP) is 7.81. The highest BCUT2D eigenvalue weighted by atomic mass is 79.9. The van der Waals surface area contributed by atoms with Gasteiger partial charge in [0, 0.05) is 15.6 Å². The molecule has 3 aromatic carbocycles. The monoisotopic (exact) mass is 430 g/mol. The van der Waals surface area contributed by atoms with Gasteiger partial charge in [-0.25, -0.2) is 0 Å². The maximum Gasteiger partial charge on any atom is 0.0327 e. The minimum Gasteiger partial charge on any atom is -0.0654 e. The Bertz CT molecular complexity index is 971. The van der Waals surface area contributed by atoms with E-state index in [0.717, 1.165) is 28.4 Å². The Balaban J connectivity index is 1.86. The molecule has 3 aromatic rings. The molecule has 0 aromatic heterocycles. The first-order valence-electron chi connectivity index (χ1n) is 10.2. The molecule has 28 heavy (non-hydrogen) atoms. The van der Waals surface area contributed by atoms with Crippen LogP contribution in [0.5, 0.6) is 0 Å². The molecule has 0 aliphatic rings. The van der Waals surface area contributed by atoms with Crippen LogP contribution in [0, 0.1) is 11.8 Å². The third-order valence-corrected chi connectivity index (χ3v) is 5.52. The molecule has 0 amide bonds. The molecular formula is C27H27Br. The van der Waals surface area contributed by atoms with E-state index in [0.29, 0.717) is 0 Å². The normalized spacial score (nSPS) is 10.4. The Labute approximate surface area is 178 Å². The summed E-state index contributed by atoms with van der Waals surface area (Å²) in [5, 5.41) is 0. The molecule has 0 saturated carbocycles. The Kier molecular flexibility index (Phi) is 7.52. The van der Waals surface area contributed by atoms with E-state index >= 15 is 0 Å². The number of rotatable bonds is 6. The van der Waals surface area contributed by atoms with Crippen LogP contribution in [0.3, 0.4) is 0 Å². The molecule has 0 aliphatic heterocycles. The molecule has 1 heteroatoms. The van der Waals surface area contributed by atoms with Crippen LogP contribution < -0.4 is 0 Å². The fourth-order valence-electron chi connectivity index (χ4n) is 3.42. The molecule has 0 nitrogen and oxygen atoms in total. The van der Waals surface area contributed by atoms with E-state index in [4.69, 9.17) is 0 Å². The van der Waals surface area contributed by atoms with E-state index in [1.165, 1.54) is 41.5 Å². The van der Waals surface area contributed by atoms with Crippen LogP contribution in [0.25, 0.3) is 11.1 Å². The summed E-state index contributed by atoms with van der Waals surface area (Å²) in [4.78, 5) is 0. The summed E-state index contributed by atoms with van der Waals surface area (Å²) < 4.78 is 1.12. The molecule has 0 heterocycles. The highest BCUT2D eigenvalue weighted by Gasteiger charge is 2.08. The number of halogens is 1. The van der Waals surface area contributed by atoms with Crippen LogP contribution in [0.4, 0.5) is 0 Å². The molecular weight excluding hydrogens is 404 g/mol. The lowest BCUT2D eigenvalue weighted by atomic mass is 9.94. The zero-order chi connectivity index (χ0) is 19.8. The number of aryl methyl sites for hydroxylation is 2. The minimum atomic E-state index is 0.996. The first-order chi connectivity index (χ1) is 13.7. The Hall–Kier alpha value is -2.30. The average molecular weight is 431 g/mol. The summed E-state index contributed by atoms with van der Waals surface area (Å²) in [6.07, 6.45) is 5.99. The summed E-state index contributed by atoms with van der Waals surface area (Å²) in [6, 6.07) is 23.7. The van der Waals surface area contributed by atoms with Crippen molar-refractivity contribution in [2.75, 3.05) is 0 Å². The molecule has 0 bridgehead atoms. The number of unbranched alkanes of at least 4 members (excludes halogenated alkanes) is 2. The van der Waals surface area contributed by atoms with Gasteiger partial charge in [-0.05, 0) is 71.8 Å². The SMILES string of the molecule is CCCCCc1ccc(C#Cc2ccccc2-c2ccc(Br)cc2CC)cc1. The molecule has 0 saturated heterocycles. The van der Waals surface area contributed by atoms with Gasteiger partial charge < -0.3 is 0 Å². The quantitative estimate of drug-likeness (QED) is 0.276. The van der Waals surface area contributed by atoms with Crippen molar-refractivity contribution in [3.63, 3.8) is 0 Å². The molecule has 0 radical (unpaired) electrons. The Morgan fingerprint density at radius 3 is 2.32 bits per heavy atom. The van der Waals surface area contributed by atoms with Crippen molar-refractivity contribution in [1.82, 2.24) is 0 Å². The van der Waals surface area contributed by atoms with E-state index in [1.54, 1.807) is 0 Å². The number of hydrogen-bond acceptors (Lipinski definition) is 0. The van der Waals surface area contributed by atoms with Crippen molar-refractivity contribution >= 4 is 15.9 Å². The van der Waals surface area contributed by atoms with Gasteiger partial charge in [0.15, 0.2) is 0 Å². The van der Waals surface area contributed by atoms with Crippen molar-refractivity contribution in [3.8, 4) is 23.0 Å². The first-order valence-corrected chi connectivity index (χ1v) is 11.0. The highest BCUT2D eigenvalue weighted by Crippen LogP contribution is 2.29. The van der Waals surface area contributed by atoms with Crippen LogP contribution in [0.1, 0.15) is 55.4 Å². The Morgan fingerprint density at radius 1 is 0.786 bits per heavy atom. The van der Waals surface area contributed by atoms with Crippen LogP contribution >= 0.6 is 15.9 Å². The predicted molar refractivity (Wildman–Crippen MR) is 125 cm³/mol. The summed E-state index contributed by atoms with van der Waals surface area (Å²) in [5.74, 6) is 6.76. The summed E-state index contributed by atoms with van der Waals surface area (Å²) in [6.45, 7) is 4.44. The largest absolute Gasteiger partial charge is 0.0654 e. The molecule has 0 unspecified atom stereocenters. The topological polar surface area (TPSA) is 0 Å². The van der Waals surface area contributed by atoms with Gasteiger partial charge in [-0.15, -0.1) is 0 Å². The van der Waals surface area contributed by atoms with Gasteiger partial charge in [-0.1, -0.05) is 90.9 Å².